The lowest BCUT2D eigenvalue weighted by atomic mass is 9.75. The summed E-state index contributed by atoms with van der Waals surface area (Å²) in [6.45, 7) is 14.3. The predicted molar refractivity (Wildman–Crippen MR) is 192 cm³/mol. The van der Waals surface area contributed by atoms with Crippen LogP contribution in [0.5, 0.6) is 23.0 Å². The van der Waals surface area contributed by atoms with Crippen LogP contribution in [0.2, 0.25) is 0 Å². The molecule has 0 saturated heterocycles. The van der Waals surface area contributed by atoms with Crippen LogP contribution >= 0.6 is 67.8 Å². The van der Waals surface area contributed by atoms with E-state index in [9.17, 15) is 20.4 Å². The monoisotopic (exact) mass is 888 g/mol. The number of rotatable bonds is 6. The molecular formula is C34H35I3O4. The number of hydrogen-bond acceptors (Lipinski definition) is 4. The van der Waals surface area contributed by atoms with Gasteiger partial charge in [0.1, 0.15) is 23.0 Å². The molecule has 0 radical (unpaired) electrons. The maximum Gasteiger partial charge on any atom is 0.132 e. The maximum atomic E-state index is 11.2. The summed E-state index contributed by atoms with van der Waals surface area (Å²) >= 11 is 6.50. The van der Waals surface area contributed by atoms with E-state index < -0.39 is 5.41 Å². The first-order chi connectivity index (χ1) is 18.9. The molecule has 0 aliphatic heterocycles. The third-order valence-electron chi connectivity index (χ3n) is 8.30. The second-order valence-corrected chi connectivity index (χ2v) is 15.4. The van der Waals surface area contributed by atoms with Crippen molar-refractivity contribution in [3.63, 3.8) is 0 Å². The first-order valence-corrected chi connectivity index (χ1v) is 16.5. The molecule has 4 rings (SSSR count). The molecule has 0 heterocycles. The molecule has 0 atom stereocenters. The highest BCUT2D eigenvalue weighted by molar-refractivity contribution is 14.1. The van der Waals surface area contributed by atoms with Crippen molar-refractivity contribution >= 4 is 67.8 Å². The lowest BCUT2D eigenvalue weighted by Crippen LogP contribution is -2.20. The van der Waals surface area contributed by atoms with E-state index in [0.29, 0.717) is 17.9 Å². The molecule has 41 heavy (non-hydrogen) atoms. The van der Waals surface area contributed by atoms with E-state index in [2.05, 4.69) is 95.5 Å². The molecule has 7 heteroatoms. The minimum Gasteiger partial charge on any atom is -0.507 e. The van der Waals surface area contributed by atoms with Crippen LogP contribution in [0.3, 0.4) is 0 Å². The summed E-state index contributed by atoms with van der Waals surface area (Å²) in [5, 5.41) is 42.9. The van der Waals surface area contributed by atoms with Crippen LogP contribution in [0.1, 0.15) is 77.8 Å². The van der Waals surface area contributed by atoms with E-state index >= 15 is 0 Å². The number of phenolic OH excluding ortho intramolecular Hbond substituents is 4. The standard InChI is InChI=1S/C34H35I3O4/c1-17-8-22(33(4,5)23-9-18(2)30(39)26(35)14-23)12-20(29(17)38)11-21-13-25(16-28(37)32(21)41)34(6,7)24-10-19(3)31(40)27(36)15-24/h8-10,12-16,38-41H,11H2,1-7H3. The molecule has 4 aromatic rings. The summed E-state index contributed by atoms with van der Waals surface area (Å²) in [5.41, 5.74) is 7.37. The molecule has 0 aromatic heterocycles. The van der Waals surface area contributed by atoms with Gasteiger partial charge in [0.15, 0.2) is 0 Å². The Labute approximate surface area is 283 Å². The molecule has 0 aliphatic carbocycles. The van der Waals surface area contributed by atoms with Gasteiger partial charge >= 0.3 is 0 Å². The third kappa shape index (κ3) is 6.18. The van der Waals surface area contributed by atoms with E-state index in [1.54, 1.807) is 0 Å². The molecule has 4 N–H and O–H groups in total. The Hall–Kier alpha value is -1.73. The predicted octanol–water partition coefficient (Wildman–Crippen LogP) is 9.49. The minimum absolute atomic E-state index is 0.215. The fraction of sp³-hybridized carbons (Fsp3) is 0.294. The molecule has 0 saturated carbocycles. The normalized spacial score (nSPS) is 12.1. The van der Waals surface area contributed by atoms with Crippen molar-refractivity contribution in [1.29, 1.82) is 0 Å². The average Bonchev–Trinajstić information content (AvgIpc) is 2.89. The summed E-state index contributed by atoms with van der Waals surface area (Å²) in [4.78, 5) is 0. The number of aryl methyl sites for hydroxylation is 3. The molecule has 0 amide bonds. The van der Waals surface area contributed by atoms with Gasteiger partial charge in [-0.3, -0.25) is 0 Å². The van der Waals surface area contributed by atoms with Crippen LogP contribution in [-0.4, -0.2) is 20.4 Å². The first kappa shape index (κ1) is 32.2. The van der Waals surface area contributed by atoms with E-state index in [4.69, 9.17) is 0 Å². The van der Waals surface area contributed by atoms with Gasteiger partial charge in [-0.05, 0) is 157 Å². The number of phenols is 4. The summed E-state index contributed by atoms with van der Waals surface area (Å²) < 4.78 is 2.35. The largest absolute Gasteiger partial charge is 0.507 e. The topological polar surface area (TPSA) is 80.9 Å². The SMILES string of the molecule is Cc1cc(C(C)(C)c2cc(C)c(O)c(Cc3cc(C(C)(C)c4cc(C)c(O)c(I)c4)cc(I)c3O)c2)cc(I)c1O. The lowest BCUT2D eigenvalue weighted by Gasteiger charge is -2.29. The number of aromatic hydroxyl groups is 4. The van der Waals surface area contributed by atoms with Gasteiger partial charge in [-0.15, -0.1) is 0 Å². The van der Waals surface area contributed by atoms with Crippen LogP contribution < -0.4 is 0 Å². The molecule has 0 spiro atoms. The zero-order valence-electron chi connectivity index (χ0n) is 24.2. The highest BCUT2D eigenvalue weighted by Gasteiger charge is 2.29. The van der Waals surface area contributed by atoms with E-state index in [-0.39, 0.29) is 16.9 Å². The smallest absolute Gasteiger partial charge is 0.132 e. The lowest BCUT2D eigenvalue weighted by molar-refractivity contribution is 0.457. The molecule has 0 bridgehead atoms. The highest BCUT2D eigenvalue weighted by Crippen LogP contribution is 2.42. The van der Waals surface area contributed by atoms with Gasteiger partial charge in [0.25, 0.3) is 0 Å². The number of halogens is 3. The van der Waals surface area contributed by atoms with Crippen molar-refractivity contribution < 1.29 is 20.4 Å². The first-order valence-electron chi connectivity index (χ1n) is 13.3. The van der Waals surface area contributed by atoms with Crippen LogP contribution in [0.25, 0.3) is 0 Å². The third-order valence-corrected chi connectivity index (χ3v) is 10.8. The molecule has 4 aromatic carbocycles. The number of hydrogen-bond donors (Lipinski definition) is 4. The summed E-state index contributed by atoms with van der Waals surface area (Å²) in [6, 6.07) is 16.2. The Morgan fingerprint density at radius 3 is 1.15 bits per heavy atom. The van der Waals surface area contributed by atoms with Gasteiger partial charge in [0, 0.05) is 17.3 Å². The molecular weight excluding hydrogens is 853 g/mol. The molecule has 0 aliphatic rings. The van der Waals surface area contributed by atoms with Gasteiger partial charge in [-0.1, -0.05) is 58.0 Å². The average molecular weight is 888 g/mol. The molecule has 216 valence electrons. The second kappa shape index (κ2) is 11.7. The molecule has 4 nitrogen and oxygen atoms in total. The molecule has 0 unspecified atom stereocenters. The zero-order valence-corrected chi connectivity index (χ0v) is 30.7. The van der Waals surface area contributed by atoms with Gasteiger partial charge in [0.05, 0.1) is 10.7 Å². The van der Waals surface area contributed by atoms with Crippen molar-refractivity contribution in [2.75, 3.05) is 0 Å². The summed E-state index contributed by atoms with van der Waals surface area (Å²) in [7, 11) is 0. The summed E-state index contributed by atoms with van der Waals surface area (Å²) in [5.74, 6) is 1.05. The Morgan fingerprint density at radius 1 is 0.463 bits per heavy atom. The Bertz CT molecular complexity index is 1500. The van der Waals surface area contributed by atoms with E-state index in [1.165, 1.54) is 0 Å². The van der Waals surface area contributed by atoms with Gasteiger partial charge in [0.2, 0.25) is 0 Å². The minimum atomic E-state index is -0.392. The highest BCUT2D eigenvalue weighted by atomic mass is 127. The van der Waals surface area contributed by atoms with Crippen LogP contribution in [0.15, 0.2) is 48.5 Å². The van der Waals surface area contributed by atoms with Crippen LogP contribution in [0, 0.1) is 31.5 Å². The quantitative estimate of drug-likeness (QED) is 0.146. The van der Waals surface area contributed by atoms with Crippen molar-refractivity contribution in [3.05, 3.63) is 109 Å². The Kier molecular flexibility index (Phi) is 9.22. The van der Waals surface area contributed by atoms with E-state index in [1.807, 2.05) is 69.3 Å². The zero-order chi connectivity index (χ0) is 30.6. The molecule has 0 fully saturated rings. The maximum absolute atomic E-state index is 11.2. The fourth-order valence-electron chi connectivity index (χ4n) is 5.23. The van der Waals surface area contributed by atoms with Gasteiger partial charge in [-0.25, -0.2) is 0 Å². The van der Waals surface area contributed by atoms with Crippen molar-refractivity contribution in [1.82, 2.24) is 0 Å². The Morgan fingerprint density at radius 2 is 0.756 bits per heavy atom. The number of benzene rings is 4. The Balaban J connectivity index is 1.80. The van der Waals surface area contributed by atoms with Crippen molar-refractivity contribution in [2.24, 2.45) is 0 Å². The fourth-order valence-corrected chi connectivity index (χ4v) is 7.44. The van der Waals surface area contributed by atoms with Gasteiger partial charge in [-0.2, -0.15) is 0 Å². The van der Waals surface area contributed by atoms with Crippen molar-refractivity contribution in [2.45, 2.75) is 65.7 Å². The summed E-state index contributed by atoms with van der Waals surface area (Å²) in [6.07, 6.45) is 0.362. The van der Waals surface area contributed by atoms with Crippen molar-refractivity contribution in [3.8, 4) is 23.0 Å². The van der Waals surface area contributed by atoms with Gasteiger partial charge < -0.3 is 20.4 Å². The van der Waals surface area contributed by atoms with E-state index in [0.717, 1.165) is 60.8 Å². The second-order valence-electron chi connectivity index (χ2n) is 11.9. The van der Waals surface area contributed by atoms with Crippen LogP contribution in [-0.2, 0) is 17.3 Å². The van der Waals surface area contributed by atoms with Crippen LogP contribution in [0.4, 0.5) is 0 Å².